The number of fused-ring (bicyclic) bond motifs is 1. The number of amides is 2. The van der Waals surface area contributed by atoms with Gasteiger partial charge >= 0.3 is 5.97 Å². The van der Waals surface area contributed by atoms with Crippen LogP contribution in [0.2, 0.25) is 20.1 Å². The number of carboxylic acid groups (broad SMARTS) is 1. The van der Waals surface area contributed by atoms with Crippen LogP contribution in [0.3, 0.4) is 0 Å². The third-order valence-corrected chi connectivity index (χ3v) is 12.0. The summed E-state index contributed by atoms with van der Waals surface area (Å²) in [5.41, 5.74) is 2.15. The van der Waals surface area contributed by atoms with E-state index in [2.05, 4.69) is 28.8 Å². The van der Waals surface area contributed by atoms with Gasteiger partial charge in [0, 0.05) is 15.5 Å². The Morgan fingerprint density at radius 1 is 1.00 bits per heavy atom. The number of carbonyl (C=O) groups excluding carboxylic acids is 2. The number of nitrogens with zero attached hydrogens (tertiary/aromatic N) is 1. The molecule has 0 bridgehead atoms. The molecule has 4 aromatic rings. The second kappa shape index (κ2) is 14.7. The van der Waals surface area contributed by atoms with Gasteiger partial charge in [0.15, 0.2) is 0 Å². The van der Waals surface area contributed by atoms with Gasteiger partial charge in [-0.2, -0.15) is 5.26 Å². The number of carboxylic acids is 1. The van der Waals surface area contributed by atoms with Crippen molar-refractivity contribution in [2.45, 2.75) is 48.7 Å². The molecule has 3 aromatic carbocycles. The highest BCUT2D eigenvalue weighted by molar-refractivity contribution is 8.00. The Kier molecular flexibility index (Phi) is 10.9. The maximum absolute atomic E-state index is 13.5. The number of aromatic carboxylic acids is 1. The lowest BCUT2D eigenvalue weighted by Crippen LogP contribution is -2.24. The van der Waals surface area contributed by atoms with Crippen molar-refractivity contribution in [3.05, 3.63) is 107 Å². The number of carbonyl (C=O) groups is 3. The van der Waals surface area contributed by atoms with Crippen molar-refractivity contribution in [2.24, 2.45) is 0 Å². The first kappa shape index (κ1) is 34.1. The molecule has 1 aromatic heterocycles. The van der Waals surface area contributed by atoms with Gasteiger partial charge in [-0.1, -0.05) is 89.7 Å². The Balaban J connectivity index is 1.31. The summed E-state index contributed by atoms with van der Waals surface area (Å²) >= 11 is 27.2. The van der Waals surface area contributed by atoms with Gasteiger partial charge in [0.1, 0.15) is 11.1 Å². The van der Waals surface area contributed by atoms with Gasteiger partial charge in [-0.15, -0.1) is 23.1 Å². The van der Waals surface area contributed by atoms with Crippen LogP contribution in [0.1, 0.15) is 68.0 Å². The lowest BCUT2D eigenvalue weighted by atomic mass is 9.83. The molecule has 46 heavy (non-hydrogen) atoms. The highest BCUT2D eigenvalue weighted by Crippen LogP contribution is 2.44. The molecular weight excluding hydrogens is 708 g/mol. The number of rotatable bonds is 9. The molecule has 1 aliphatic carbocycles. The van der Waals surface area contributed by atoms with E-state index in [1.807, 2.05) is 25.1 Å². The average Bonchev–Trinajstić information content (AvgIpc) is 3.40. The summed E-state index contributed by atoms with van der Waals surface area (Å²) < 4.78 is 0. The first-order valence-electron chi connectivity index (χ1n) is 14.1. The fourth-order valence-electron chi connectivity index (χ4n) is 5.37. The van der Waals surface area contributed by atoms with E-state index in [1.165, 1.54) is 28.7 Å². The Labute approximate surface area is 293 Å². The van der Waals surface area contributed by atoms with Crippen LogP contribution in [0, 0.1) is 11.3 Å². The number of thiophene rings is 1. The van der Waals surface area contributed by atoms with E-state index in [4.69, 9.17) is 46.4 Å². The molecule has 0 radical (unpaired) electrons. The van der Waals surface area contributed by atoms with Crippen LogP contribution in [-0.4, -0.2) is 28.1 Å². The second-order valence-corrected chi connectivity index (χ2v) is 14.4. The van der Waals surface area contributed by atoms with E-state index < -0.39 is 33.3 Å². The first-order chi connectivity index (χ1) is 22.0. The molecule has 0 saturated heterocycles. The maximum Gasteiger partial charge on any atom is 0.338 e. The molecule has 1 heterocycles. The normalized spacial score (nSPS) is 14.6. The van der Waals surface area contributed by atoms with Crippen molar-refractivity contribution in [3.63, 3.8) is 0 Å². The smallest absolute Gasteiger partial charge is 0.338 e. The third kappa shape index (κ3) is 7.03. The zero-order chi connectivity index (χ0) is 33.1. The summed E-state index contributed by atoms with van der Waals surface area (Å²) in [4.78, 5) is 40.4. The number of nitrogens with one attached hydrogen (secondary N) is 2. The van der Waals surface area contributed by atoms with E-state index in [0.717, 1.165) is 29.7 Å². The second-order valence-electron chi connectivity index (χ2n) is 10.5. The Morgan fingerprint density at radius 2 is 1.70 bits per heavy atom. The number of hydrogen-bond donors (Lipinski definition) is 3. The van der Waals surface area contributed by atoms with Crippen LogP contribution < -0.4 is 10.6 Å². The van der Waals surface area contributed by atoms with Gasteiger partial charge < -0.3 is 15.7 Å². The van der Waals surface area contributed by atoms with Gasteiger partial charge in [0.2, 0.25) is 5.91 Å². The molecule has 13 heteroatoms. The van der Waals surface area contributed by atoms with Crippen molar-refractivity contribution >= 4 is 98.0 Å². The summed E-state index contributed by atoms with van der Waals surface area (Å²) in [6.45, 7) is 1.89. The van der Waals surface area contributed by atoms with Gasteiger partial charge in [-0.05, 0) is 60.9 Å². The van der Waals surface area contributed by atoms with E-state index in [-0.39, 0.29) is 21.0 Å². The third-order valence-electron chi connectivity index (χ3n) is 7.63. The van der Waals surface area contributed by atoms with E-state index >= 15 is 0 Å². The van der Waals surface area contributed by atoms with Crippen molar-refractivity contribution in [3.8, 4) is 6.07 Å². The molecule has 0 saturated carbocycles. The summed E-state index contributed by atoms with van der Waals surface area (Å²) in [6.07, 6.45) is 3.04. The minimum absolute atomic E-state index is 0.236. The van der Waals surface area contributed by atoms with Crippen molar-refractivity contribution in [1.29, 1.82) is 5.26 Å². The number of halogens is 4. The van der Waals surface area contributed by atoms with Crippen LogP contribution in [0.15, 0.2) is 59.5 Å². The molecule has 2 unspecified atom stereocenters. The SMILES string of the molecule is CCC(Sc1cccc(NC(=O)c2c(Cl)c(Cl)c(Cl)c(Cl)c2C(=O)O)c1)C(=O)Nc1sc2c(c1C#N)CCC(c1ccccc1)C2. The van der Waals surface area contributed by atoms with Gasteiger partial charge in [-0.3, -0.25) is 9.59 Å². The summed E-state index contributed by atoms with van der Waals surface area (Å²) in [5, 5.41) is 24.1. The zero-order valence-electron chi connectivity index (χ0n) is 24.1. The van der Waals surface area contributed by atoms with Crippen molar-refractivity contribution < 1.29 is 19.5 Å². The van der Waals surface area contributed by atoms with Crippen LogP contribution in [0.4, 0.5) is 10.7 Å². The highest BCUT2D eigenvalue weighted by atomic mass is 35.5. The molecule has 236 valence electrons. The summed E-state index contributed by atoms with van der Waals surface area (Å²) in [5.74, 6) is -2.22. The van der Waals surface area contributed by atoms with Crippen LogP contribution in [0.25, 0.3) is 0 Å². The molecule has 1 aliphatic rings. The van der Waals surface area contributed by atoms with Crippen molar-refractivity contribution in [2.75, 3.05) is 10.6 Å². The van der Waals surface area contributed by atoms with Gasteiger partial charge in [-0.25, -0.2) is 4.79 Å². The number of anilines is 2. The largest absolute Gasteiger partial charge is 0.478 e. The minimum atomic E-state index is -1.50. The number of hydrogen-bond acceptors (Lipinski definition) is 6. The Hall–Kier alpha value is -3.23. The van der Waals surface area contributed by atoms with Crippen molar-refractivity contribution in [1.82, 2.24) is 0 Å². The molecular formula is C33H25Cl4N3O4S2. The minimum Gasteiger partial charge on any atom is -0.478 e. The monoisotopic (exact) mass is 731 g/mol. The molecule has 2 amide bonds. The lowest BCUT2D eigenvalue weighted by molar-refractivity contribution is -0.115. The average molecular weight is 734 g/mol. The number of benzene rings is 3. The van der Waals surface area contributed by atoms with Gasteiger partial charge in [0.05, 0.1) is 42.0 Å². The first-order valence-corrected chi connectivity index (χ1v) is 17.3. The van der Waals surface area contributed by atoms with E-state index in [9.17, 15) is 24.8 Å². The molecule has 0 fully saturated rings. The number of thioether (sulfide) groups is 1. The van der Waals surface area contributed by atoms with Gasteiger partial charge in [0.25, 0.3) is 5.91 Å². The van der Waals surface area contributed by atoms with Crippen LogP contribution in [0.5, 0.6) is 0 Å². The van der Waals surface area contributed by atoms with Crippen LogP contribution in [-0.2, 0) is 17.6 Å². The summed E-state index contributed by atoms with van der Waals surface area (Å²) in [6, 6.07) is 19.4. The van der Waals surface area contributed by atoms with E-state index in [1.54, 1.807) is 24.3 Å². The molecule has 7 nitrogen and oxygen atoms in total. The Morgan fingerprint density at radius 3 is 2.35 bits per heavy atom. The molecule has 2 atom stereocenters. The molecule has 0 aliphatic heterocycles. The van der Waals surface area contributed by atoms with Crippen LogP contribution >= 0.6 is 69.5 Å². The lowest BCUT2D eigenvalue weighted by Gasteiger charge is -2.22. The van der Waals surface area contributed by atoms with E-state index in [0.29, 0.717) is 33.5 Å². The Bertz CT molecular complexity index is 1890. The quantitative estimate of drug-likeness (QED) is 0.0895. The molecule has 0 spiro atoms. The number of nitriles is 1. The molecule has 5 rings (SSSR count). The fourth-order valence-corrected chi connectivity index (χ4v) is 8.68. The highest BCUT2D eigenvalue weighted by Gasteiger charge is 2.30. The molecule has 3 N–H and O–H groups in total. The topological polar surface area (TPSA) is 119 Å². The maximum atomic E-state index is 13.5. The fraction of sp³-hybridized carbons (Fsp3) is 0.212. The predicted molar refractivity (Wildman–Crippen MR) is 187 cm³/mol. The zero-order valence-corrected chi connectivity index (χ0v) is 28.8. The standard InChI is InChI=1S/C33H25Cl4N3O4S2/c1-2-22(30(41)40-32-21(15-38)20-12-11-17(13-23(20)46-32)16-7-4-3-5-8-16)45-19-10-6-9-18(14-19)39-31(42)24-25(33(43)44)27(35)29(37)28(36)26(24)34/h3-10,14,17,22H,2,11-13H2,1H3,(H,39,42)(H,40,41)(H,43,44). The summed E-state index contributed by atoms with van der Waals surface area (Å²) in [7, 11) is 0. The predicted octanol–water partition coefficient (Wildman–Crippen LogP) is 9.97.